The molecule has 128 valence electrons. The molecular formula is C15H16N2O6S. The molecule has 1 aromatic carbocycles. The van der Waals surface area contributed by atoms with Crippen molar-refractivity contribution >= 4 is 23.5 Å². The number of hydrogen-bond acceptors (Lipinski definition) is 8. The minimum absolute atomic E-state index is 0.0641. The average Bonchev–Trinajstić information content (AvgIpc) is 2.94. The number of thioether (sulfide) groups is 1. The number of hydrogen-bond donors (Lipinski definition) is 0. The zero-order valence-corrected chi connectivity index (χ0v) is 14.0. The standard InChI is InChI=1S/C15H16N2O6S/c1-3-22-13(19)8-11(18)9-24-14-15(20)23-16-17(14)10-4-6-12(21-2)7-5-10/h4-7H,3,8-9H2,1-2H3. The van der Waals surface area contributed by atoms with Crippen LogP contribution in [0.5, 0.6) is 11.7 Å². The molecule has 0 spiro atoms. The van der Waals surface area contributed by atoms with Gasteiger partial charge >= 0.3 is 5.97 Å². The van der Waals surface area contributed by atoms with Crippen molar-refractivity contribution in [3.8, 4) is 17.4 Å². The van der Waals surface area contributed by atoms with Gasteiger partial charge in [-0.1, -0.05) is 0 Å². The lowest BCUT2D eigenvalue weighted by Gasteiger charge is -2.01. The number of carbonyl (C=O) groups is 2. The third kappa shape index (κ3) is 4.48. The van der Waals surface area contributed by atoms with Crippen LogP contribution in [-0.2, 0) is 14.3 Å². The number of carbonyl (C=O) groups excluding carboxylic acids is 2. The number of Topliss-reactive ketones (excluding diaryl/α,β-unsaturated/α-hetero) is 1. The largest absolute Gasteiger partial charge is 0.538 e. The molecular weight excluding hydrogens is 336 g/mol. The van der Waals surface area contributed by atoms with Crippen LogP contribution >= 0.6 is 11.8 Å². The van der Waals surface area contributed by atoms with Crippen molar-refractivity contribution < 1.29 is 33.4 Å². The van der Waals surface area contributed by atoms with Gasteiger partial charge in [0.25, 0.3) is 5.03 Å². The quantitative estimate of drug-likeness (QED) is 0.295. The molecule has 2 aromatic rings. The van der Waals surface area contributed by atoms with Crippen molar-refractivity contribution in [1.29, 1.82) is 0 Å². The van der Waals surface area contributed by atoms with Crippen LogP contribution in [0, 0.1) is 0 Å². The second-order valence-electron chi connectivity index (χ2n) is 4.58. The summed E-state index contributed by atoms with van der Waals surface area (Å²) in [5.74, 6) is -0.992. The molecule has 0 bridgehead atoms. The van der Waals surface area contributed by atoms with Crippen molar-refractivity contribution in [1.82, 2.24) is 5.27 Å². The summed E-state index contributed by atoms with van der Waals surface area (Å²) in [4.78, 5) is 23.0. The van der Waals surface area contributed by atoms with Gasteiger partial charge in [0.15, 0.2) is 11.7 Å². The fourth-order valence-corrected chi connectivity index (χ4v) is 2.64. The highest BCUT2D eigenvalue weighted by atomic mass is 32.2. The molecule has 0 aliphatic heterocycles. The molecule has 24 heavy (non-hydrogen) atoms. The van der Waals surface area contributed by atoms with Gasteiger partial charge in [0.1, 0.15) is 12.2 Å². The third-order valence-corrected chi connectivity index (χ3v) is 3.99. The first kappa shape index (κ1) is 17.8. The van der Waals surface area contributed by atoms with Crippen LogP contribution in [0.25, 0.3) is 5.69 Å². The molecule has 1 aromatic heterocycles. The van der Waals surface area contributed by atoms with E-state index in [-0.39, 0.29) is 29.6 Å². The first-order valence-corrected chi connectivity index (χ1v) is 8.07. The fourth-order valence-electron chi connectivity index (χ4n) is 1.82. The van der Waals surface area contributed by atoms with Crippen LogP contribution in [0.15, 0.2) is 33.8 Å². The molecule has 2 rings (SSSR count). The molecule has 0 aliphatic carbocycles. The Hall–Kier alpha value is -2.55. The van der Waals surface area contributed by atoms with Gasteiger partial charge < -0.3 is 19.1 Å². The minimum atomic E-state index is -0.653. The number of benzene rings is 1. The molecule has 0 saturated carbocycles. The van der Waals surface area contributed by atoms with E-state index in [2.05, 4.69) is 9.79 Å². The van der Waals surface area contributed by atoms with Crippen molar-refractivity contribution in [2.45, 2.75) is 18.4 Å². The van der Waals surface area contributed by atoms with E-state index in [0.29, 0.717) is 11.4 Å². The highest BCUT2D eigenvalue weighted by molar-refractivity contribution is 7.99. The van der Waals surface area contributed by atoms with Crippen LogP contribution in [0.3, 0.4) is 0 Å². The smallest absolute Gasteiger partial charge is 0.313 e. The first-order valence-electron chi connectivity index (χ1n) is 7.08. The number of ether oxygens (including phenoxy) is 2. The minimum Gasteiger partial charge on any atom is -0.538 e. The molecule has 0 saturated heterocycles. The number of ketones is 1. The Morgan fingerprint density at radius 3 is 2.67 bits per heavy atom. The van der Waals surface area contributed by atoms with E-state index < -0.39 is 11.9 Å². The fraction of sp³-hybridized carbons (Fsp3) is 0.333. The van der Waals surface area contributed by atoms with E-state index >= 15 is 0 Å². The van der Waals surface area contributed by atoms with E-state index in [1.165, 1.54) is 4.68 Å². The van der Waals surface area contributed by atoms with Crippen LogP contribution in [-0.4, -0.2) is 36.5 Å². The molecule has 1 heterocycles. The van der Waals surface area contributed by atoms with Gasteiger partial charge in [-0.05, 0) is 35.5 Å². The Bertz CT molecular complexity index is 713. The summed E-state index contributed by atoms with van der Waals surface area (Å²) in [6.07, 6.45) is -0.331. The summed E-state index contributed by atoms with van der Waals surface area (Å²) in [5, 5.41) is 15.6. The van der Waals surface area contributed by atoms with E-state index in [4.69, 9.17) is 9.47 Å². The summed E-state index contributed by atoms with van der Waals surface area (Å²) in [7, 11) is 1.55. The van der Waals surface area contributed by atoms with Gasteiger partial charge in [-0.3, -0.25) is 9.59 Å². The zero-order valence-electron chi connectivity index (χ0n) is 13.2. The van der Waals surface area contributed by atoms with Gasteiger partial charge in [-0.25, -0.2) is 0 Å². The van der Waals surface area contributed by atoms with Crippen molar-refractivity contribution in [3.63, 3.8) is 0 Å². The molecule has 0 atom stereocenters. The number of rotatable bonds is 8. The Labute approximate surface area is 142 Å². The predicted octanol–water partition coefficient (Wildman–Crippen LogP) is 0.648. The lowest BCUT2D eigenvalue weighted by molar-refractivity contribution is -0.705. The van der Waals surface area contributed by atoms with Crippen molar-refractivity contribution in [3.05, 3.63) is 24.3 Å². The van der Waals surface area contributed by atoms with Gasteiger partial charge in [-0.15, -0.1) is 0 Å². The number of esters is 1. The molecule has 9 heteroatoms. The molecule has 0 amide bonds. The zero-order chi connectivity index (χ0) is 17.5. The van der Waals surface area contributed by atoms with Crippen LogP contribution in [0.2, 0.25) is 0 Å². The van der Waals surface area contributed by atoms with Crippen LogP contribution < -0.4 is 14.5 Å². The molecule has 0 N–H and O–H groups in total. The first-order chi connectivity index (χ1) is 11.5. The highest BCUT2D eigenvalue weighted by Crippen LogP contribution is 2.24. The second kappa shape index (κ2) is 8.34. The topological polar surface area (TPSA) is 106 Å². The monoisotopic (exact) mass is 352 g/mol. The molecule has 0 aliphatic rings. The second-order valence-corrected chi connectivity index (χ2v) is 5.55. The third-order valence-electron chi connectivity index (χ3n) is 2.91. The maximum Gasteiger partial charge on any atom is 0.313 e. The Morgan fingerprint density at radius 1 is 1.33 bits per heavy atom. The highest BCUT2D eigenvalue weighted by Gasteiger charge is 2.23. The summed E-state index contributed by atoms with van der Waals surface area (Å²) in [6, 6.07) is 6.82. The van der Waals surface area contributed by atoms with Crippen molar-refractivity contribution in [2.75, 3.05) is 19.5 Å². The predicted molar refractivity (Wildman–Crippen MR) is 81.0 cm³/mol. The average molecular weight is 352 g/mol. The lowest BCUT2D eigenvalue weighted by Crippen LogP contribution is -2.34. The van der Waals surface area contributed by atoms with E-state index in [1.807, 2.05) is 0 Å². The van der Waals surface area contributed by atoms with Gasteiger partial charge in [0.2, 0.25) is 5.69 Å². The van der Waals surface area contributed by atoms with Crippen LogP contribution in [0.4, 0.5) is 0 Å². The number of aromatic nitrogens is 2. The molecule has 0 unspecified atom stereocenters. The SMILES string of the molecule is CCOC(=O)CC(=O)CSc1c([O-])on[n+]1-c1ccc(OC)cc1. The van der Waals surface area contributed by atoms with Gasteiger partial charge in [0, 0.05) is 12.1 Å². The Morgan fingerprint density at radius 2 is 2.04 bits per heavy atom. The van der Waals surface area contributed by atoms with E-state index in [0.717, 1.165) is 11.8 Å². The molecule has 0 fully saturated rings. The van der Waals surface area contributed by atoms with E-state index in [1.54, 1.807) is 38.3 Å². The number of methoxy groups -OCH3 is 1. The maximum atomic E-state index is 11.8. The van der Waals surface area contributed by atoms with Crippen LogP contribution in [0.1, 0.15) is 13.3 Å². The van der Waals surface area contributed by atoms with Crippen molar-refractivity contribution in [2.24, 2.45) is 0 Å². The summed E-state index contributed by atoms with van der Waals surface area (Å²) >= 11 is 0.959. The Balaban J connectivity index is 2.06. The van der Waals surface area contributed by atoms with E-state index in [9.17, 15) is 14.7 Å². The van der Waals surface area contributed by atoms with Gasteiger partial charge in [0.05, 0.1) is 24.7 Å². The summed E-state index contributed by atoms with van der Waals surface area (Å²) < 4.78 is 15.7. The molecule has 0 radical (unpaired) electrons. The Kier molecular flexibility index (Phi) is 6.19. The maximum absolute atomic E-state index is 11.8. The normalized spacial score (nSPS) is 10.4. The summed E-state index contributed by atoms with van der Waals surface area (Å²) in [5.41, 5.74) is 0.585. The molecule has 8 nitrogen and oxygen atoms in total. The number of nitrogens with zero attached hydrogens (tertiary/aromatic N) is 2. The lowest BCUT2D eigenvalue weighted by atomic mass is 10.3. The summed E-state index contributed by atoms with van der Waals surface area (Å²) in [6.45, 7) is 1.88. The van der Waals surface area contributed by atoms with Gasteiger partial charge in [-0.2, -0.15) is 0 Å².